The van der Waals surface area contributed by atoms with Gasteiger partial charge < -0.3 is 9.64 Å². The summed E-state index contributed by atoms with van der Waals surface area (Å²) >= 11 is 0. The lowest BCUT2D eigenvalue weighted by Crippen LogP contribution is -2.11. The number of benzene rings is 1. The lowest BCUT2D eigenvalue weighted by Gasteiger charge is -2.13. The maximum Gasteiger partial charge on any atom is 0.150 e. The lowest BCUT2D eigenvalue weighted by molar-refractivity contribution is 0.0764. The Bertz CT molecular complexity index is 535. The molecule has 0 radical (unpaired) electrons. The van der Waals surface area contributed by atoms with Gasteiger partial charge in [0, 0.05) is 26.3 Å². The number of ether oxygens (including phenoxy) is 1. The van der Waals surface area contributed by atoms with Crippen LogP contribution >= 0.6 is 0 Å². The number of anilines is 1. The molecule has 0 N–H and O–H groups in total. The highest BCUT2D eigenvalue weighted by molar-refractivity contribution is 5.60. The Morgan fingerprint density at radius 3 is 2.25 bits per heavy atom. The molecular formula is C16H21N3O. The molecule has 0 aliphatic rings. The molecule has 0 saturated carbocycles. The first-order valence-electron chi connectivity index (χ1n) is 6.84. The normalized spacial score (nSPS) is 12.2. The minimum absolute atomic E-state index is 0.122. The van der Waals surface area contributed by atoms with Crippen molar-refractivity contribution in [3.63, 3.8) is 0 Å². The van der Waals surface area contributed by atoms with Crippen LogP contribution in [-0.2, 0) is 4.74 Å². The van der Waals surface area contributed by atoms with Gasteiger partial charge in [0.2, 0.25) is 0 Å². The van der Waals surface area contributed by atoms with E-state index in [1.807, 2.05) is 38.1 Å². The van der Waals surface area contributed by atoms with Gasteiger partial charge in [-0.15, -0.1) is 10.2 Å². The van der Waals surface area contributed by atoms with Gasteiger partial charge in [-0.25, -0.2) is 0 Å². The van der Waals surface area contributed by atoms with E-state index in [0.29, 0.717) is 0 Å². The summed E-state index contributed by atoms with van der Waals surface area (Å²) in [7, 11) is 3.90. The van der Waals surface area contributed by atoms with Crippen molar-refractivity contribution in [2.75, 3.05) is 25.6 Å². The van der Waals surface area contributed by atoms with Gasteiger partial charge in [-0.05, 0) is 31.5 Å². The molecule has 0 unspecified atom stereocenters. The summed E-state index contributed by atoms with van der Waals surface area (Å²) in [5.41, 5.74) is 3.12. The molecule has 4 heteroatoms. The van der Waals surface area contributed by atoms with Gasteiger partial charge in [-0.3, -0.25) is 0 Å². The largest absolute Gasteiger partial charge is 0.374 e. The smallest absolute Gasteiger partial charge is 0.150 e. The molecule has 0 spiro atoms. The van der Waals surface area contributed by atoms with Crippen LogP contribution in [-0.4, -0.2) is 30.9 Å². The fraction of sp³-hybridized carbons (Fsp3) is 0.375. The Balaban J connectivity index is 2.17. The van der Waals surface area contributed by atoms with Crippen LogP contribution in [0.25, 0.3) is 11.3 Å². The van der Waals surface area contributed by atoms with Crippen LogP contribution in [0, 0.1) is 0 Å². The van der Waals surface area contributed by atoms with E-state index in [1.165, 1.54) is 5.56 Å². The minimum Gasteiger partial charge on any atom is -0.374 e. The van der Waals surface area contributed by atoms with Gasteiger partial charge >= 0.3 is 0 Å². The van der Waals surface area contributed by atoms with Crippen LogP contribution in [0.15, 0.2) is 36.4 Å². The van der Waals surface area contributed by atoms with Crippen molar-refractivity contribution in [2.45, 2.75) is 20.0 Å². The monoisotopic (exact) mass is 271 g/mol. The fourth-order valence-electron chi connectivity index (χ4n) is 1.99. The van der Waals surface area contributed by atoms with Gasteiger partial charge in [0.1, 0.15) is 0 Å². The van der Waals surface area contributed by atoms with Gasteiger partial charge in [0.05, 0.1) is 11.8 Å². The molecule has 4 nitrogen and oxygen atoms in total. The van der Waals surface area contributed by atoms with E-state index >= 15 is 0 Å². The minimum atomic E-state index is 0.122. The highest BCUT2D eigenvalue weighted by Crippen LogP contribution is 2.22. The Morgan fingerprint density at radius 1 is 1.05 bits per heavy atom. The van der Waals surface area contributed by atoms with Gasteiger partial charge in [0.15, 0.2) is 5.82 Å². The SMILES string of the molecule is CCO[C@@H](C)c1ccc(-c2ccc(N(C)C)nn2)cc1. The highest BCUT2D eigenvalue weighted by Gasteiger charge is 2.06. The predicted molar refractivity (Wildman–Crippen MR) is 81.8 cm³/mol. The second kappa shape index (κ2) is 6.48. The zero-order chi connectivity index (χ0) is 14.5. The summed E-state index contributed by atoms with van der Waals surface area (Å²) in [4.78, 5) is 1.93. The van der Waals surface area contributed by atoms with Crippen LogP contribution in [0.1, 0.15) is 25.5 Å². The summed E-state index contributed by atoms with van der Waals surface area (Å²) in [6.45, 7) is 4.79. The van der Waals surface area contributed by atoms with Gasteiger partial charge in [-0.1, -0.05) is 24.3 Å². The summed E-state index contributed by atoms with van der Waals surface area (Å²) in [5, 5.41) is 8.45. The molecule has 106 valence electrons. The van der Waals surface area contributed by atoms with E-state index in [1.54, 1.807) is 0 Å². The van der Waals surface area contributed by atoms with Crippen LogP contribution in [0.3, 0.4) is 0 Å². The number of aromatic nitrogens is 2. The van der Waals surface area contributed by atoms with Crippen LogP contribution < -0.4 is 4.90 Å². The van der Waals surface area contributed by atoms with Crippen molar-refractivity contribution in [1.82, 2.24) is 10.2 Å². The molecule has 0 aliphatic heterocycles. The van der Waals surface area contributed by atoms with E-state index in [4.69, 9.17) is 4.74 Å². The van der Waals surface area contributed by atoms with E-state index in [0.717, 1.165) is 23.7 Å². The summed E-state index contributed by atoms with van der Waals surface area (Å²) in [5.74, 6) is 0.857. The highest BCUT2D eigenvalue weighted by atomic mass is 16.5. The standard InChI is InChI=1S/C16H21N3O/c1-5-20-12(2)13-6-8-14(9-7-13)15-10-11-16(18-17-15)19(3)4/h6-12H,5H2,1-4H3/t12-/m0/s1. The Labute approximate surface area is 120 Å². The van der Waals surface area contributed by atoms with Crippen LogP contribution in [0.5, 0.6) is 0 Å². The van der Waals surface area contributed by atoms with E-state index < -0.39 is 0 Å². The Hall–Kier alpha value is -1.94. The third kappa shape index (κ3) is 3.33. The maximum absolute atomic E-state index is 5.58. The number of rotatable bonds is 5. The van der Waals surface area contributed by atoms with Crippen molar-refractivity contribution in [2.24, 2.45) is 0 Å². The second-order valence-corrected chi connectivity index (χ2v) is 4.89. The first kappa shape index (κ1) is 14.5. The maximum atomic E-state index is 5.58. The first-order valence-corrected chi connectivity index (χ1v) is 6.84. The lowest BCUT2D eigenvalue weighted by atomic mass is 10.1. The van der Waals surface area contributed by atoms with Crippen LogP contribution in [0.2, 0.25) is 0 Å². The average molecular weight is 271 g/mol. The molecule has 2 rings (SSSR count). The van der Waals surface area contributed by atoms with Crippen LogP contribution in [0.4, 0.5) is 5.82 Å². The summed E-state index contributed by atoms with van der Waals surface area (Å²) < 4.78 is 5.58. The van der Waals surface area contributed by atoms with Gasteiger partial charge in [-0.2, -0.15) is 0 Å². The molecule has 20 heavy (non-hydrogen) atoms. The van der Waals surface area contributed by atoms with E-state index in [9.17, 15) is 0 Å². The molecule has 1 aromatic carbocycles. The van der Waals surface area contributed by atoms with Crippen molar-refractivity contribution in [1.29, 1.82) is 0 Å². The molecule has 0 bridgehead atoms. The van der Waals surface area contributed by atoms with Crippen molar-refractivity contribution >= 4 is 5.82 Å². The topological polar surface area (TPSA) is 38.2 Å². The fourth-order valence-corrected chi connectivity index (χ4v) is 1.99. The number of hydrogen-bond acceptors (Lipinski definition) is 4. The number of hydrogen-bond donors (Lipinski definition) is 0. The van der Waals surface area contributed by atoms with Crippen molar-refractivity contribution in [3.8, 4) is 11.3 Å². The molecule has 0 fully saturated rings. The second-order valence-electron chi connectivity index (χ2n) is 4.89. The van der Waals surface area contributed by atoms with Crippen molar-refractivity contribution < 1.29 is 4.74 Å². The Morgan fingerprint density at radius 2 is 1.75 bits per heavy atom. The third-order valence-corrected chi connectivity index (χ3v) is 3.20. The summed E-state index contributed by atoms with van der Waals surface area (Å²) in [6, 6.07) is 12.2. The molecule has 0 saturated heterocycles. The molecule has 2 aromatic rings. The van der Waals surface area contributed by atoms with Gasteiger partial charge in [0.25, 0.3) is 0 Å². The molecule has 1 heterocycles. The van der Waals surface area contributed by atoms with E-state index in [2.05, 4.69) is 41.4 Å². The quantitative estimate of drug-likeness (QED) is 0.836. The summed E-state index contributed by atoms with van der Waals surface area (Å²) in [6.07, 6.45) is 0.122. The zero-order valence-electron chi connectivity index (χ0n) is 12.5. The molecule has 0 aliphatic carbocycles. The van der Waals surface area contributed by atoms with E-state index in [-0.39, 0.29) is 6.10 Å². The molecular weight excluding hydrogens is 250 g/mol. The average Bonchev–Trinajstić information content (AvgIpc) is 2.48. The molecule has 1 atom stereocenters. The molecule has 1 aromatic heterocycles. The number of nitrogens with zero attached hydrogens (tertiary/aromatic N) is 3. The predicted octanol–water partition coefficient (Wildman–Crippen LogP) is 3.31. The third-order valence-electron chi connectivity index (χ3n) is 3.20. The Kier molecular flexibility index (Phi) is 4.69. The van der Waals surface area contributed by atoms with Crippen molar-refractivity contribution in [3.05, 3.63) is 42.0 Å². The first-order chi connectivity index (χ1) is 9.61. The zero-order valence-corrected chi connectivity index (χ0v) is 12.5. The molecule has 0 amide bonds.